The summed E-state index contributed by atoms with van der Waals surface area (Å²) in [7, 11) is 0. The van der Waals surface area contributed by atoms with Crippen molar-refractivity contribution >= 4 is 34.2 Å². The second kappa shape index (κ2) is 8.49. The molecule has 0 fully saturated rings. The monoisotopic (exact) mass is 387 g/mol. The third-order valence-electron chi connectivity index (χ3n) is 4.72. The van der Waals surface area contributed by atoms with Gasteiger partial charge in [0.05, 0.1) is 11.0 Å². The molecule has 0 aliphatic rings. The Morgan fingerprint density at radius 2 is 1.96 bits per heavy atom. The van der Waals surface area contributed by atoms with Crippen molar-refractivity contribution in [3.8, 4) is 0 Å². The molecule has 3 rings (SSSR count). The first-order valence-electron chi connectivity index (χ1n) is 9.15. The van der Waals surface area contributed by atoms with E-state index in [0.717, 1.165) is 54.2 Å². The molecule has 0 radical (unpaired) electrons. The zero-order chi connectivity index (χ0) is 19.4. The lowest BCUT2D eigenvalue weighted by Gasteiger charge is -2.19. The summed E-state index contributed by atoms with van der Waals surface area (Å²) in [5, 5.41) is 4.65. The Morgan fingerprint density at radius 1 is 1.22 bits per heavy atom. The Hall–Kier alpha value is -2.45. The number of imidazole rings is 1. The van der Waals surface area contributed by atoms with Crippen LogP contribution in [0.15, 0.2) is 34.4 Å². The third-order valence-corrected chi connectivity index (χ3v) is 5.60. The number of rotatable bonds is 8. The topological polar surface area (TPSA) is 72.2 Å². The lowest BCUT2D eigenvalue weighted by atomic mass is 10.3. The van der Waals surface area contributed by atoms with E-state index < -0.39 is 0 Å². The van der Waals surface area contributed by atoms with Crippen molar-refractivity contribution in [1.29, 1.82) is 0 Å². The highest BCUT2D eigenvalue weighted by atomic mass is 32.1. The number of aromatic nitrogens is 3. The first kappa shape index (κ1) is 19.3. The number of amides is 1. The van der Waals surface area contributed by atoms with Crippen LogP contribution in [-0.2, 0) is 17.9 Å². The second-order valence-electron chi connectivity index (χ2n) is 6.38. The van der Waals surface area contributed by atoms with Crippen LogP contribution in [0.25, 0.3) is 11.0 Å². The number of carbonyl (C=O) groups is 1. The van der Waals surface area contributed by atoms with Gasteiger partial charge >= 0.3 is 4.87 Å². The van der Waals surface area contributed by atoms with Gasteiger partial charge in [-0.2, -0.15) is 0 Å². The molecule has 0 atom stereocenters. The fourth-order valence-corrected chi connectivity index (χ4v) is 3.82. The molecule has 0 aliphatic heterocycles. The Labute approximate surface area is 162 Å². The van der Waals surface area contributed by atoms with E-state index >= 15 is 0 Å². The van der Waals surface area contributed by atoms with Crippen LogP contribution in [-0.4, -0.2) is 44.6 Å². The van der Waals surface area contributed by atoms with E-state index in [1.807, 2.05) is 35.8 Å². The number of thiazole rings is 1. The number of carbonyl (C=O) groups excluding carboxylic acids is 1. The number of benzene rings is 1. The lowest BCUT2D eigenvalue weighted by molar-refractivity contribution is -0.116. The van der Waals surface area contributed by atoms with E-state index in [2.05, 4.69) is 29.0 Å². The lowest BCUT2D eigenvalue weighted by Crippen LogP contribution is -2.29. The molecule has 1 amide bonds. The average molecular weight is 388 g/mol. The molecule has 8 heteroatoms. The number of hydrogen-bond acceptors (Lipinski definition) is 5. The predicted octanol–water partition coefficient (Wildman–Crippen LogP) is 2.55. The second-order valence-corrected chi connectivity index (χ2v) is 7.20. The van der Waals surface area contributed by atoms with E-state index in [0.29, 0.717) is 5.95 Å². The van der Waals surface area contributed by atoms with Crippen molar-refractivity contribution in [2.24, 2.45) is 0 Å². The van der Waals surface area contributed by atoms with Crippen LogP contribution in [0, 0.1) is 6.92 Å². The number of nitrogens with zero attached hydrogens (tertiary/aromatic N) is 4. The van der Waals surface area contributed by atoms with Gasteiger partial charge in [0.25, 0.3) is 0 Å². The van der Waals surface area contributed by atoms with Crippen LogP contribution in [0.3, 0.4) is 0 Å². The highest BCUT2D eigenvalue weighted by Gasteiger charge is 2.15. The Bertz CT molecular complexity index is 984. The fourth-order valence-electron chi connectivity index (χ4n) is 3.08. The van der Waals surface area contributed by atoms with Gasteiger partial charge in [-0.3, -0.25) is 19.5 Å². The number of hydrogen-bond donors (Lipinski definition) is 1. The minimum absolute atomic E-state index is 0.00653. The van der Waals surface area contributed by atoms with Crippen molar-refractivity contribution in [2.75, 3.05) is 25.0 Å². The molecule has 0 unspecified atom stereocenters. The molecule has 0 aliphatic carbocycles. The summed E-state index contributed by atoms with van der Waals surface area (Å²) in [6.45, 7) is 9.65. The van der Waals surface area contributed by atoms with Crippen LogP contribution in [0.1, 0.15) is 19.5 Å². The first-order valence-corrected chi connectivity index (χ1v) is 10.0. The van der Waals surface area contributed by atoms with E-state index in [4.69, 9.17) is 0 Å². The third kappa shape index (κ3) is 4.28. The standard InChI is InChI=1S/C19H25N5O2S/c1-4-22(5-2)10-11-23-16-9-7-6-8-15(16)20-18(23)21-17(25)12-24-14(3)13-27-19(24)26/h6-9,13H,4-5,10-12H2,1-3H3,(H,20,21,25). The molecular weight excluding hydrogens is 362 g/mol. The van der Waals surface area contributed by atoms with Crippen molar-refractivity contribution in [3.05, 3.63) is 45.0 Å². The molecule has 2 heterocycles. The Morgan fingerprint density at radius 3 is 2.63 bits per heavy atom. The van der Waals surface area contributed by atoms with Gasteiger partial charge < -0.3 is 9.47 Å². The fraction of sp³-hybridized carbons (Fsp3) is 0.421. The van der Waals surface area contributed by atoms with Gasteiger partial charge in [0.15, 0.2) is 0 Å². The van der Waals surface area contributed by atoms with Crippen LogP contribution in [0.4, 0.5) is 5.95 Å². The maximum Gasteiger partial charge on any atom is 0.307 e. The smallest absolute Gasteiger partial charge is 0.307 e. The first-order chi connectivity index (χ1) is 13.0. The number of nitrogens with one attached hydrogen (secondary N) is 1. The molecule has 1 aromatic carbocycles. The van der Waals surface area contributed by atoms with Crippen molar-refractivity contribution in [3.63, 3.8) is 0 Å². The summed E-state index contributed by atoms with van der Waals surface area (Å²) in [4.78, 5) is 31.2. The quantitative estimate of drug-likeness (QED) is 0.645. The molecule has 1 N–H and O–H groups in total. The van der Waals surface area contributed by atoms with Gasteiger partial charge in [0, 0.05) is 24.2 Å². The SMILES string of the molecule is CCN(CC)CCn1c(NC(=O)Cn2c(C)csc2=O)nc2ccccc21. The Kier molecular flexibility index (Phi) is 6.08. The van der Waals surface area contributed by atoms with Crippen molar-refractivity contribution < 1.29 is 4.79 Å². The van der Waals surface area contributed by atoms with Crippen LogP contribution < -0.4 is 10.2 Å². The predicted molar refractivity (Wildman–Crippen MR) is 109 cm³/mol. The van der Waals surface area contributed by atoms with Gasteiger partial charge in [-0.1, -0.05) is 37.3 Å². The summed E-state index contributed by atoms with van der Waals surface area (Å²) >= 11 is 1.10. The number of fused-ring (bicyclic) bond motifs is 1. The summed E-state index contributed by atoms with van der Waals surface area (Å²) < 4.78 is 3.51. The van der Waals surface area contributed by atoms with Gasteiger partial charge in [0.2, 0.25) is 11.9 Å². The number of aryl methyl sites for hydroxylation is 1. The Balaban J connectivity index is 1.83. The number of anilines is 1. The van der Waals surface area contributed by atoms with Crippen LogP contribution >= 0.6 is 11.3 Å². The molecule has 0 spiro atoms. The number of likely N-dealkylation sites (N-methyl/N-ethyl adjacent to an activating group) is 1. The normalized spacial score (nSPS) is 11.4. The van der Waals surface area contributed by atoms with Crippen molar-refractivity contribution in [1.82, 2.24) is 19.0 Å². The molecule has 3 aromatic rings. The molecule has 7 nitrogen and oxygen atoms in total. The van der Waals surface area contributed by atoms with Gasteiger partial charge in [-0.15, -0.1) is 0 Å². The molecule has 0 bridgehead atoms. The summed E-state index contributed by atoms with van der Waals surface area (Å²) in [6, 6.07) is 7.85. The maximum atomic E-state index is 12.5. The van der Waals surface area contributed by atoms with Gasteiger partial charge in [0.1, 0.15) is 6.54 Å². The minimum Gasteiger partial charge on any atom is -0.309 e. The summed E-state index contributed by atoms with van der Waals surface area (Å²) in [5.41, 5.74) is 2.62. The zero-order valence-electron chi connectivity index (χ0n) is 15.9. The van der Waals surface area contributed by atoms with Crippen LogP contribution in [0.2, 0.25) is 0 Å². The van der Waals surface area contributed by atoms with E-state index in [1.54, 1.807) is 5.38 Å². The van der Waals surface area contributed by atoms with Crippen LogP contribution in [0.5, 0.6) is 0 Å². The maximum absolute atomic E-state index is 12.5. The number of para-hydroxylation sites is 2. The molecular formula is C19H25N5O2S. The highest BCUT2D eigenvalue weighted by molar-refractivity contribution is 7.07. The molecule has 0 saturated heterocycles. The zero-order valence-corrected chi connectivity index (χ0v) is 16.8. The molecule has 144 valence electrons. The average Bonchev–Trinajstić information content (AvgIpc) is 3.17. The largest absolute Gasteiger partial charge is 0.309 e. The summed E-state index contributed by atoms with van der Waals surface area (Å²) in [5.74, 6) is 0.271. The molecule has 2 aromatic heterocycles. The molecule has 0 saturated carbocycles. The van der Waals surface area contributed by atoms with E-state index in [9.17, 15) is 9.59 Å². The minimum atomic E-state index is -0.252. The summed E-state index contributed by atoms with van der Waals surface area (Å²) in [6.07, 6.45) is 0. The van der Waals surface area contributed by atoms with E-state index in [1.165, 1.54) is 4.57 Å². The van der Waals surface area contributed by atoms with Crippen molar-refractivity contribution in [2.45, 2.75) is 33.9 Å². The highest BCUT2D eigenvalue weighted by Crippen LogP contribution is 2.19. The van der Waals surface area contributed by atoms with Gasteiger partial charge in [-0.05, 0) is 32.1 Å². The van der Waals surface area contributed by atoms with E-state index in [-0.39, 0.29) is 17.3 Å². The molecule has 27 heavy (non-hydrogen) atoms. The van der Waals surface area contributed by atoms with Gasteiger partial charge in [-0.25, -0.2) is 4.98 Å².